The van der Waals surface area contributed by atoms with Gasteiger partial charge in [-0.25, -0.2) is 4.79 Å². The van der Waals surface area contributed by atoms with Crippen LogP contribution in [0.3, 0.4) is 0 Å². The Balaban J connectivity index is 1.67. The van der Waals surface area contributed by atoms with Crippen LogP contribution in [-0.4, -0.2) is 19.3 Å². The molecule has 3 aromatic rings. The van der Waals surface area contributed by atoms with Crippen LogP contribution in [0.2, 0.25) is 5.02 Å². The Morgan fingerprint density at radius 3 is 2.52 bits per heavy atom. The SMILES string of the molecule is COC(=O)c1ccc(Cl)c(N=Cc2ccc(OCc3ccc(Br)cc3Br)cc2)c1. The van der Waals surface area contributed by atoms with Gasteiger partial charge in [-0.2, -0.15) is 0 Å². The zero-order chi connectivity index (χ0) is 20.8. The Morgan fingerprint density at radius 1 is 1.07 bits per heavy atom. The number of hydrogen-bond donors (Lipinski definition) is 0. The summed E-state index contributed by atoms with van der Waals surface area (Å²) in [6.07, 6.45) is 1.68. The van der Waals surface area contributed by atoms with E-state index >= 15 is 0 Å². The van der Waals surface area contributed by atoms with Crippen molar-refractivity contribution in [1.82, 2.24) is 0 Å². The quantitative estimate of drug-likeness (QED) is 0.252. The van der Waals surface area contributed by atoms with Gasteiger partial charge in [0.05, 0.1) is 23.4 Å². The van der Waals surface area contributed by atoms with Crippen LogP contribution in [0.1, 0.15) is 21.5 Å². The molecule has 0 N–H and O–H groups in total. The Kier molecular flexibility index (Phi) is 7.47. The summed E-state index contributed by atoms with van der Waals surface area (Å²) in [5, 5.41) is 0.453. The van der Waals surface area contributed by atoms with Gasteiger partial charge in [0, 0.05) is 20.7 Å². The molecule has 0 amide bonds. The van der Waals surface area contributed by atoms with Gasteiger partial charge in [-0.3, -0.25) is 4.99 Å². The fourth-order valence-electron chi connectivity index (χ4n) is 2.45. The van der Waals surface area contributed by atoms with Crippen LogP contribution in [0.25, 0.3) is 0 Å². The van der Waals surface area contributed by atoms with Crippen molar-refractivity contribution in [3.8, 4) is 5.75 Å². The van der Waals surface area contributed by atoms with E-state index < -0.39 is 5.97 Å². The second-order valence-electron chi connectivity index (χ2n) is 6.01. The third-order valence-electron chi connectivity index (χ3n) is 4.01. The van der Waals surface area contributed by atoms with Gasteiger partial charge in [0.2, 0.25) is 0 Å². The number of halogens is 3. The monoisotopic (exact) mass is 535 g/mol. The Hall–Kier alpha value is -2.15. The largest absolute Gasteiger partial charge is 0.489 e. The maximum Gasteiger partial charge on any atom is 0.337 e. The first kappa shape index (κ1) is 21.6. The molecule has 148 valence electrons. The molecule has 0 atom stereocenters. The third kappa shape index (κ3) is 5.92. The number of esters is 1. The number of ether oxygens (including phenoxy) is 2. The van der Waals surface area contributed by atoms with E-state index in [0.29, 0.717) is 22.9 Å². The van der Waals surface area contributed by atoms with E-state index in [0.717, 1.165) is 25.8 Å². The zero-order valence-corrected chi connectivity index (χ0v) is 19.3. The first-order valence-corrected chi connectivity index (χ1v) is 10.5. The third-order valence-corrected chi connectivity index (χ3v) is 5.56. The lowest BCUT2D eigenvalue weighted by Gasteiger charge is -2.08. The van der Waals surface area contributed by atoms with E-state index in [1.807, 2.05) is 42.5 Å². The summed E-state index contributed by atoms with van der Waals surface area (Å²) in [6, 6.07) is 18.3. The lowest BCUT2D eigenvalue weighted by atomic mass is 10.2. The number of carbonyl (C=O) groups excluding carboxylic acids is 1. The normalized spacial score (nSPS) is 10.9. The fourth-order valence-corrected chi connectivity index (χ4v) is 3.78. The zero-order valence-electron chi connectivity index (χ0n) is 15.4. The van der Waals surface area contributed by atoms with Gasteiger partial charge in [0.1, 0.15) is 12.4 Å². The van der Waals surface area contributed by atoms with Gasteiger partial charge < -0.3 is 9.47 Å². The van der Waals surface area contributed by atoms with Crippen molar-refractivity contribution in [3.63, 3.8) is 0 Å². The van der Waals surface area contributed by atoms with Crippen LogP contribution >= 0.6 is 43.5 Å². The highest BCUT2D eigenvalue weighted by atomic mass is 79.9. The van der Waals surface area contributed by atoms with Crippen LogP contribution in [0.15, 0.2) is 74.6 Å². The highest BCUT2D eigenvalue weighted by Gasteiger charge is 2.08. The molecule has 0 unspecified atom stereocenters. The van der Waals surface area contributed by atoms with E-state index in [1.165, 1.54) is 7.11 Å². The standard InChI is InChI=1S/C22H16Br2ClNO3/c1-28-22(27)15-5-9-20(25)21(10-15)26-12-14-2-7-18(8-3-14)29-13-16-4-6-17(23)11-19(16)24/h2-12H,13H2,1H3. The number of nitrogens with zero attached hydrogens (tertiary/aromatic N) is 1. The topological polar surface area (TPSA) is 47.9 Å². The molecule has 7 heteroatoms. The fraction of sp³-hybridized carbons (Fsp3) is 0.0909. The molecule has 0 aliphatic carbocycles. The Bertz CT molecular complexity index is 1050. The molecule has 0 spiro atoms. The highest BCUT2D eigenvalue weighted by molar-refractivity contribution is 9.11. The van der Waals surface area contributed by atoms with Crippen LogP contribution < -0.4 is 4.74 Å². The molecule has 0 aromatic heterocycles. The summed E-state index contributed by atoms with van der Waals surface area (Å²) in [5.41, 5.74) is 2.82. The van der Waals surface area contributed by atoms with E-state index in [4.69, 9.17) is 21.1 Å². The van der Waals surface area contributed by atoms with Gasteiger partial charge >= 0.3 is 5.97 Å². The van der Waals surface area contributed by atoms with Crippen LogP contribution in [0, 0.1) is 0 Å². The average molecular weight is 538 g/mol. The smallest absolute Gasteiger partial charge is 0.337 e. The summed E-state index contributed by atoms with van der Waals surface area (Å²) in [6.45, 7) is 0.456. The van der Waals surface area contributed by atoms with E-state index in [1.54, 1.807) is 24.4 Å². The molecule has 3 rings (SSSR count). The van der Waals surface area contributed by atoms with E-state index in [-0.39, 0.29) is 0 Å². The van der Waals surface area contributed by atoms with Crippen LogP contribution in [0.4, 0.5) is 5.69 Å². The lowest BCUT2D eigenvalue weighted by Crippen LogP contribution is -2.00. The number of carbonyl (C=O) groups is 1. The number of rotatable bonds is 6. The average Bonchev–Trinajstić information content (AvgIpc) is 2.72. The summed E-state index contributed by atoms with van der Waals surface area (Å²) in [4.78, 5) is 16.0. The van der Waals surface area contributed by atoms with Gasteiger partial charge in [0.15, 0.2) is 0 Å². The predicted octanol–water partition coefficient (Wildman–Crippen LogP) is 6.98. The molecule has 4 nitrogen and oxygen atoms in total. The molecule has 0 aliphatic rings. The number of benzene rings is 3. The van der Waals surface area contributed by atoms with Crippen molar-refractivity contribution in [2.24, 2.45) is 4.99 Å². The first-order valence-electron chi connectivity index (χ1n) is 8.55. The number of aliphatic imine (C=N–C) groups is 1. The summed E-state index contributed by atoms with van der Waals surface area (Å²) in [7, 11) is 1.33. The first-order chi connectivity index (χ1) is 14.0. The van der Waals surface area contributed by atoms with Crippen molar-refractivity contribution >= 4 is 61.3 Å². The molecular formula is C22H16Br2ClNO3. The second-order valence-corrected chi connectivity index (χ2v) is 8.19. The van der Waals surface area contributed by atoms with E-state index in [2.05, 4.69) is 36.9 Å². The van der Waals surface area contributed by atoms with Gasteiger partial charge in [-0.05, 0) is 60.2 Å². The summed E-state index contributed by atoms with van der Waals surface area (Å²) >= 11 is 13.1. The van der Waals surface area contributed by atoms with Gasteiger partial charge in [-0.15, -0.1) is 0 Å². The minimum atomic E-state index is -0.433. The molecule has 29 heavy (non-hydrogen) atoms. The molecular weight excluding hydrogens is 522 g/mol. The van der Waals surface area contributed by atoms with Crippen molar-refractivity contribution in [1.29, 1.82) is 0 Å². The molecule has 0 saturated carbocycles. The van der Waals surface area contributed by atoms with Crippen molar-refractivity contribution in [2.45, 2.75) is 6.61 Å². The number of methoxy groups -OCH3 is 1. The molecule has 3 aromatic carbocycles. The highest BCUT2D eigenvalue weighted by Crippen LogP contribution is 2.27. The molecule has 0 aliphatic heterocycles. The number of hydrogen-bond acceptors (Lipinski definition) is 4. The minimum absolute atomic E-state index is 0.395. The van der Waals surface area contributed by atoms with Gasteiger partial charge in [-0.1, -0.05) is 49.5 Å². The maximum absolute atomic E-state index is 11.7. The van der Waals surface area contributed by atoms with Crippen molar-refractivity contribution in [2.75, 3.05) is 7.11 Å². The Labute approximate surface area is 190 Å². The van der Waals surface area contributed by atoms with E-state index in [9.17, 15) is 4.79 Å². The molecule has 0 saturated heterocycles. The van der Waals surface area contributed by atoms with Crippen molar-refractivity contribution in [3.05, 3.63) is 91.3 Å². The molecule has 0 bridgehead atoms. The lowest BCUT2D eigenvalue weighted by molar-refractivity contribution is 0.0601. The van der Waals surface area contributed by atoms with Gasteiger partial charge in [0.25, 0.3) is 0 Å². The minimum Gasteiger partial charge on any atom is -0.489 e. The van der Waals surface area contributed by atoms with Crippen LogP contribution in [-0.2, 0) is 11.3 Å². The van der Waals surface area contributed by atoms with Crippen LogP contribution in [0.5, 0.6) is 5.75 Å². The molecule has 0 radical (unpaired) electrons. The molecule has 0 fully saturated rings. The Morgan fingerprint density at radius 2 is 1.83 bits per heavy atom. The summed E-state index contributed by atoms with van der Waals surface area (Å²) < 4.78 is 12.6. The summed E-state index contributed by atoms with van der Waals surface area (Å²) in [5.74, 6) is 0.319. The second kappa shape index (κ2) is 10.1. The predicted molar refractivity (Wildman–Crippen MR) is 123 cm³/mol. The molecule has 0 heterocycles. The van der Waals surface area contributed by atoms with Crippen molar-refractivity contribution < 1.29 is 14.3 Å². The maximum atomic E-state index is 11.7.